The summed E-state index contributed by atoms with van der Waals surface area (Å²) in [6.07, 6.45) is 1.14. The van der Waals surface area contributed by atoms with Crippen LogP contribution in [0.3, 0.4) is 0 Å². The largest absolute Gasteiger partial charge is 0.368 e. The van der Waals surface area contributed by atoms with Crippen LogP contribution >= 0.6 is 0 Å². The summed E-state index contributed by atoms with van der Waals surface area (Å²) in [4.78, 5) is 6.04. The van der Waals surface area contributed by atoms with Crippen molar-refractivity contribution in [1.29, 1.82) is 0 Å². The predicted molar refractivity (Wildman–Crippen MR) is 73.5 cm³/mol. The second kappa shape index (κ2) is 5.72. The minimum Gasteiger partial charge on any atom is -0.368 e. The molecule has 0 saturated carbocycles. The number of hydrogen-bond acceptors (Lipinski definition) is 3. The van der Waals surface area contributed by atoms with Crippen molar-refractivity contribution >= 4 is 11.6 Å². The summed E-state index contributed by atoms with van der Waals surface area (Å²) in [5.74, 6) is 0.164. The van der Waals surface area contributed by atoms with E-state index in [-0.39, 0.29) is 11.6 Å². The average Bonchev–Trinajstić information content (AvgIpc) is 2.31. The van der Waals surface area contributed by atoms with Gasteiger partial charge in [0.1, 0.15) is 0 Å². The van der Waals surface area contributed by atoms with Crippen molar-refractivity contribution < 1.29 is 8.78 Å². The summed E-state index contributed by atoms with van der Waals surface area (Å²) in [6.45, 7) is 8.25. The van der Waals surface area contributed by atoms with Crippen molar-refractivity contribution in [2.24, 2.45) is 11.8 Å². The zero-order valence-electron chi connectivity index (χ0n) is 11.7. The number of piperidine rings is 1. The highest BCUT2D eigenvalue weighted by Crippen LogP contribution is 2.28. The molecule has 19 heavy (non-hydrogen) atoms. The first-order chi connectivity index (χ1) is 9.01. The number of halogens is 2. The van der Waals surface area contributed by atoms with Gasteiger partial charge in [-0.15, -0.1) is 0 Å². The zero-order valence-corrected chi connectivity index (χ0v) is 11.7. The van der Waals surface area contributed by atoms with Crippen LogP contribution in [0.5, 0.6) is 0 Å². The van der Waals surface area contributed by atoms with Gasteiger partial charge in [0.2, 0.25) is 0 Å². The van der Waals surface area contributed by atoms with Crippen molar-refractivity contribution in [3.05, 3.63) is 17.7 Å². The van der Waals surface area contributed by atoms with E-state index in [4.69, 9.17) is 0 Å². The summed E-state index contributed by atoms with van der Waals surface area (Å²) in [6, 6.07) is 0.921. The number of hydrogen-bond donors (Lipinski definition) is 1. The molecule has 1 aliphatic heterocycles. The lowest BCUT2D eigenvalue weighted by molar-refractivity contribution is 0.352. The molecule has 2 atom stereocenters. The van der Waals surface area contributed by atoms with E-state index in [1.54, 1.807) is 0 Å². The van der Waals surface area contributed by atoms with Crippen LogP contribution in [-0.2, 0) is 0 Å². The molecule has 0 aromatic carbocycles. The monoisotopic (exact) mass is 269 g/mol. The van der Waals surface area contributed by atoms with Crippen molar-refractivity contribution in [3.8, 4) is 0 Å². The topological polar surface area (TPSA) is 28.2 Å². The summed E-state index contributed by atoms with van der Waals surface area (Å²) in [7, 11) is 0. The van der Waals surface area contributed by atoms with Crippen LogP contribution in [0.1, 0.15) is 27.2 Å². The van der Waals surface area contributed by atoms with Crippen LogP contribution in [0, 0.1) is 23.5 Å². The van der Waals surface area contributed by atoms with Crippen LogP contribution in [0.25, 0.3) is 0 Å². The van der Waals surface area contributed by atoms with E-state index in [1.165, 1.54) is 0 Å². The van der Waals surface area contributed by atoms with E-state index < -0.39 is 11.6 Å². The fourth-order valence-corrected chi connectivity index (χ4v) is 2.81. The lowest BCUT2D eigenvalue weighted by Crippen LogP contribution is -2.39. The van der Waals surface area contributed by atoms with Gasteiger partial charge >= 0.3 is 0 Å². The summed E-state index contributed by atoms with van der Waals surface area (Å²) in [5, 5.41) is 2.83. The van der Waals surface area contributed by atoms with E-state index in [1.807, 2.05) is 11.8 Å². The van der Waals surface area contributed by atoms with Gasteiger partial charge in [-0.1, -0.05) is 13.8 Å². The highest BCUT2D eigenvalue weighted by atomic mass is 19.1. The lowest BCUT2D eigenvalue weighted by Gasteiger charge is -2.36. The van der Waals surface area contributed by atoms with Crippen molar-refractivity contribution in [1.82, 2.24) is 4.98 Å². The molecule has 106 valence electrons. The third-order valence-electron chi connectivity index (χ3n) is 3.42. The molecule has 1 fully saturated rings. The van der Waals surface area contributed by atoms with Crippen LogP contribution in [0.15, 0.2) is 6.07 Å². The van der Waals surface area contributed by atoms with Crippen LogP contribution in [-0.4, -0.2) is 24.6 Å². The van der Waals surface area contributed by atoms with Crippen LogP contribution < -0.4 is 10.2 Å². The maximum atomic E-state index is 13.9. The molecule has 1 aliphatic rings. The maximum Gasteiger partial charge on any atom is 0.168 e. The van der Waals surface area contributed by atoms with Crippen LogP contribution in [0.4, 0.5) is 20.4 Å². The molecule has 3 nitrogen and oxygen atoms in total. The second-order valence-electron chi connectivity index (χ2n) is 5.51. The number of nitrogens with one attached hydrogen (secondary N) is 1. The van der Waals surface area contributed by atoms with Gasteiger partial charge in [0.25, 0.3) is 0 Å². The van der Waals surface area contributed by atoms with E-state index in [9.17, 15) is 8.78 Å². The number of aromatic nitrogens is 1. The highest BCUT2D eigenvalue weighted by molar-refractivity contribution is 5.49. The fourth-order valence-electron chi connectivity index (χ4n) is 2.81. The molecule has 2 rings (SSSR count). The van der Waals surface area contributed by atoms with E-state index >= 15 is 0 Å². The standard InChI is InChI=1S/C14H21F2N3/c1-4-17-13-11(15)6-12(16)14(18-13)19-7-9(2)5-10(3)8-19/h6,9-10H,4-5,7-8H2,1-3H3,(H,17,18). The van der Waals surface area contributed by atoms with E-state index in [2.05, 4.69) is 24.1 Å². The minimum absolute atomic E-state index is 0.129. The molecule has 0 bridgehead atoms. The van der Waals surface area contributed by atoms with Gasteiger partial charge in [-0.3, -0.25) is 0 Å². The molecule has 1 aromatic rings. The van der Waals surface area contributed by atoms with Crippen molar-refractivity contribution in [3.63, 3.8) is 0 Å². The molecule has 0 spiro atoms. The van der Waals surface area contributed by atoms with Gasteiger partial charge in [-0.25, -0.2) is 13.8 Å². The van der Waals surface area contributed by atoms with Gasteiger partial charge < -0.3 is 10.2 Å². The average molecular weight is 269 g/mol. The van der Waals surface area contributed by atoms with Crippen molar-refractivity contribution in [2.75, 3.05) is 29.9 Å². The molecule has 2 unspecified atom stereocenters. The van der Waals surface area contributed by atoms with Gasteiger partial charge in [-0.2, -0.15) is 0 Å². The Hall–Kier alpha value is -1.39. The normalized spacial score (nSPS) is 23.5. The molecule has 0 aliphatic carbocycles. The molecule has 2 heterocycles. The predicted octanol–water partition coefficient (Wildman–Crippen LogP) is 3.27. The third-order valence-corrected chi connectivity index (χ3v) is 3.42. The Labute approximate surface area is 113 Å². The number of pyridine rings is 1. The Morgan fingerprint density at radius 3 is 2.47 bits per heavy atom. The first-order valence-corrected chi connectivity index (χ1v) is 6.86. The smallest absolute Gasteiger partial charge is 0.168 e. The number of anilines is 2. The first-order valence-electron chi connectivity index (χ1n) is 6.86. The Morgan fingerprint density at radius 1 is 1.26 bits per heavy atom. The van der Waals surface area contributed by atoms with Gasteiger partial charge in [-0.05, 0) is 25.2 Å². The van der Waals surface area contributed by atoms with Crippen molar-refractivity contribution in [2.45, 2.75) is 27.2 Å². The molecule has 1 aromatic heterocycles. The van der Waals surface area contributed by atoms with Gasteiger partial charge in [0.15, 0.2) is 23.3 Å². The summed E-state index contributed by atoms with van der Waals surface area (Å²) >= 11 is 0. The summed E-state index contributed by atoms with van der Waals surface area (Å²) < 4.78 is 27.5. The first kappa shape index (κ1) is 14.0. The third kappa shape index (κ3) is 3.14. The molecular weight excluding hydrogens is 248 g/mol. The maximum absolute atomic E-state index is 13.9. The molecule has 1 N–H and O–H groups in total. The van der Waals surface area contributed by atoms with Gasteiger partial charge in [0, 0.05) is 25.7 Å². The number of nitrogens with zero attached hydrogens (tertiary/aromatic N) is 2. The highest BCUT2D eigenvalue weighted by Gasteiger charge is 2.25. The number of rotatable bonds is 3. The van der Waals surface area contributed by atoms with Gasteiger partial charge in [0.05, 0.1) is 0 Å². The molecule has 0 radical (unpaired) electrons. The molecule has 0 amide bonds. The fraction of sp³-hybridized carbons (Fsp3) is 0.643. The SMILES string of the molecule is CCNc1nc(N2CC(C)CC(C)C2)c(F)cc1F. The quantitative estimate of drug-likeness (QED) is 0.912. The molecule has 5 heteroatoms. The molecule has 1 saturated heterocycles. The molecular formula is C14H21F2N3. The minimum atomic E-state index is -0.638. The van der Waals surface area contributed by atoms with Crippen LogP contribution in [0.2, 0.25) is 0 Å². The second-order valence-corrected chi connectivity index (χ2v) is 5.51. The Balaban J connectivity index is 2.30. The van der Waals surface area contributed by atoms with E-state index in [0.717, 1.165) is 25.6 Å². The van der Waals surface area contributed by atoms with E-state index in [0.29, 0.717) is 18.4 Å². The Bertz CT molecular complexity index is 441. The Kier molecular flexibility index (Phi) is 4.22. The summed E-state index contributed by atoms with van der Waals surface area (Å²) in [5.41, 5.74) is 0. The lowest BCUT2D eigenvalue weighted by atomic mass is 9.92. The Morgan fingerprint density at radius 2 is 1.89 bits per heavy atom. The zero-order chi connectivity index (χ0) is 14.0.